The van der Waals surface area contributed by atoms with Gasteiger partial charge in [0.15, 0.2) is 0 Å². The highest BCUT2D eigenvalue weighted by Gasteiger charge is 2.37. The lowest BCUT2D eigenvalue weighted by atomic mass is 9.91. The second kappa shape index (κ2) is 6.07. The van der Waals surface area contributed by atoms with Crippen molar-refractivity contribution >= 4 is 0 Å². The van der Waals surface area contributed by atoms with Crippen molar-refractivity contribution in [2.24, 2.45) is 0 Å². The second-order valence-electron chi connectivity index (χ2n) is 7.42. The van der Waals surface area contributed by atoms with Gasteiger partial charge in [-0.1, -0.05) is 30.3 Å². The van der Waals surface area contributed by atoms with Gasteiger partial charge in [-0.25, -0.2) is 0 Å². The van der Waals surface area contributed by atoms with Gasteiger partial charge in [-0.3, -0.25) is 4.90 Å². The number of benzene rings is 1. The molecule has 2 heterocycles. The molecular weight excluding hydrogens is 258 g/mol. The predicted octanol–water partition coefficient (Wildman–Crippen LogP) is 2.51. The molecule has 0 radical (unpaired) electrons. The quantitative estimate of drug-likeness (QED) is 0.901. The van der Waals surface area contributed by atoms with Crippen molar-refractivity contribution in [2.75, 3.05) is 33.2 Å². The van der Waals surface area contributed by atoms with E-state index in [1.165, 1.54) is 31.5 Å². The van der Waals surface area contributed by atoms with Gasteiger partial charge in [0.05, 0.1) is 0 Å². The summed E-state index contributed by atoms with van der Waals surface area (Å²) in [6, 6.07) is 12.2. The molecule has 116 valence electrons. The molecule has 3 heteroatoms. The van der Waals surface area contributed by atoms with Gasteiger partial charge in [0.2, 0.25) is 0 Å². The van der Waals surface area contributed by atoms with E-state index in [2.05, 4.69) is 66.3 Å². The summed E-state index contributed by atoms with van der Waals surface area (Å²) in [6.07, 6.45) is 2.66. The summed E-state index contributed by atoms with van der Waals surface area (Å²) >= 11 is 0. The molecule has 2 aliphatic rings. The van der Waals surface area contributed by atoms with E-state index in [0.29, 0.717) is 12.1 Å². The lowest BCUT2D eigenvalue weighted by Gasteiger charge is -2.50. The molecule has 0 saturated carbocycles. The van der Waals surface area contributed by atoms with Crippen molar-refractivity contribution in [1.82, 2.24) is 15.1 Å². The molecule has 2 unspecified atom stereocenters. The minimum Gasteiger partial charge on any atom is -0.309 e. The molecule has 1 N–H and O–H groups in total. The predicted molar refractivity (Wildman–Crippen MR) is 88.5 cm³/mol. The fraction of sp³-hybridized carbons (Fsp3) is 0.667. The van der Waals surface area contributed by atoms with E-state index in [9.17, 15) is 0 Å². The zero-order chi connectivity index (χ0) is 14.9. The third-order valence-corrected chi connectivity index (χ3v) is 5.01. The summed E-state index contributed by atoms with van der Waals surface area (Å²) in [5.41, 5.74) is 1.66. The van der Waals surface area contributed by atoms with Crippen LogP contribution in [0, 0.1) is 0 Å². The largest absolute Gasteiger partial charge is 0.309 e. The summed E-state index contributed by atoms with van der Waals surface area (Å²) < 4.78 is 0. The maximum absolute atomic E-state index is 3.73. The average molecular weight is 287 g/mol. The fourth-order valence-corrected chi connectivity index (χ4v) is 3.89. The monoisotopic (exact) mass is 287 g/mol. The Morgan fingerprint density at radius 1 is 1.19 bits per heavy atom. The second-order valence-corrected chi connectivity index (χ2v) is 7.42. The Bertz CT molecular complexity index is 457. The number of hydrogen-bond acceptors (Lipinski definition) is 3. The summed E-state index contributed by atoms with van der Waals surface area (Å²) in [4.78, 5) is 5.26. The lowest BCUT2D eigenvalue weighted by molar-refractivity contribution is 0.0218. The van der Waals surface area contributed by atoms with Crippen LogP contribution < -0.4 is 5.32 Å². The van der Waals surface area contributed by atoms with Gasteiger partial charge in [-0.05, 0) is 45.8 Å². The van der Waals surface area contributed by atoms with Gasteiger partial charge >= 0.3 is 0 Å². The first-order valence-electron chi connectivity index (χ1n) is 8.29. The van der Waals surface area contributed by atoms with E-state index in [1.54, 1.807) is 0 Å². The first-order valence-corrected chi connectivity index (χ1v) is 8.29. The topological polar surface area (TPSA) is 18.5 Å². The molecule has 2 fully saturated rings. The van der Waals surface area contributed by atoms with Crippen LogP contribution in [0.4, 0.5) is 0 Å². The number of likely N-dealkylation sites (N-methyl/N-ethyl adjacent to an activating group) is 1. The standard InChI is InChI=1S/C18H29N3/c1-18(2)14-21(16-10-7-11-20(3)13-16)17(12-19-18)15-8-5-4-6-9-15/h4-6,8-9,16-17,19H,7,10-14H2,1-3H3. The fourth-order valence-electron chi connectivity index (χ4n) is 3.89. The smallest absolute Gasteiger partial charge is 0.0477 e. The van der Waals surface area contributed by atoms with Crippen LogP contribution >= 0.6 is 0 Å². The van der Waals surface area contributed by atoms with Gasteiger partial charge in [0.25, 0.3) is 0 Å². The van der Waals surface area contributed by atoms with Crippen molar-refractivity contribution in [3.63, 3.8) is 0 Å². The third kappa shape index (κ3) is 3.47. The van der Waals surface area contributed by atoms with E-state index in [-0.39, 0.29) is 5.54 Å². The van der Waals surface area contributed by atoms with Crippen LogP contribution in [0.2, 0.25) is 0 Å². The van der Waals surface area contributed by atoms with Gasteiger partial charge in [0, 0.05) is 37.3 Å². The number of piperazine rings is 1. The van der Waals surface area contributed by atoms with E-state index < -0.39 is 0 Å². The number of nitrogens with zero attached hydrogens (tertiary/aromatic N) is 2. The highest BCUT2D eigenvalue weighted by molar-refractivity contribution is 5.21. The molecule has 21 heavy (non-hydrogen) atoms. The average Bonchev–Trinajstić information content (AvgIpc) is 2.47. The van der Waals surface area contributed by atoms with E-state index in [1.807, 2.05) is 0 Å². The van der Waals surface area contributed by atoms with Crippen molar-refractivity contribution in [1.29, 1.82) is 0 Å². The minimum atomic E-state index is 0.210. The van der Waals surface area contributed by atoms with Crippen LogP contribution in [0.15, 0.2) is 30.3 Å². The van der Waals surface area contributed by atoms with Crippen LogP contribution in [0.25, 0.3) is 0 Å². The van der Waals surface area contributed by atoms with Crippen molar-refractivity contribution < 1.29 is 0 Å². The van der Waals surface area contributed by atoms with Crippen LogP contribution in [-0.4, -0.2) is 54.6 Å². The Kier molecular flexibility index (Phi) is 4.34. The molecule has 2 aliphatic heterocycles. The number of likely N-dealkylation sites (tertiary alicyclic amines) is 1. The van der Waals surface area contributed by atoms with E-state index in [0.717, 1.165) is 13.1 Å². The maximum atomic E-state index is 3.73. The van der Waals surface area contributed by atoms with Crippen molar-refractivity contribution in [3.8, 4) is 0 Å². The third-order valence-electron chi connectivity index (χ3n) is 5.01. The summed E-state index contributed by atoms with van der Waals surface area (Å²) in [6.45, 7) is 9.30. The Hall–Kier alpha value is -0.900. The first-order chi connectivity index (χ1) is 10.1. The van der Waals surface area contributed by atoms with Crippen molar-refractivity contribution in [3.05, 3.63) is 35.9 Å². The molecule has 3 nitrogen and oxygen atoms in total. The minimum absolute atomic E-state index is 0.210. The molecule has 3 rings (SSSR count). The highest BCUT2D eigenvalue weighted by atomic mass is 15.3. The molecule has 0 aliphatic carbocycles. The van der Waals surface area contributed by atoms with Gasteiger partial charge in [0.1, 0.15) is 0 Å². The molecule has 0 amide bonds. The van der Waals surface area contributed by atoms with E-state index >= 15 is 0 Å². The summed E-state index contributed by atoms with van der Waals surface area (Å²) in [5.74, 6) is 0. The Morgan fingerprint density at radius 2 is 1.95 bits per heavy atom. The number of piperidine rings is 1. The Labute approximate surface area is 129 Å². The van der Waals surface area contributed by atoms with Crippen LogP contribution in [-0.2, 0) is 0 Å². The van der Waals surface area contributed by atoms with Gasteiger partial charge in [-0.2, -0.15) is 0 Å². The molecule has 0 spiro atoms. The molecule has 0 aromatic heterocycles. The molecule has 0 bridgehead atoms. The number of nitrogens with one attached hydrogen (secondary N) is 1. The van der Waals surface area contributed by atoms with Crippen molar-refractivity contribution in [2.45, 2.75) is 44.3 Å². The summed E-state index contributed by atoms with van der Waals surface area (Å²) in [7, 11) is 2.26. The van der Waals surface area contributed by atoms with Crippen LogP contribution in [0.1, 0.15) is 38.3 Å². The van der Waals surface area contributed by atoms with Crippen LogP contribution in [0.3, 0.4) is 0 Å². The zero-order valence-corrected chi connectivity index (χ0v) is 13.7. The van der Waals surface area contributed by atoms with Gasteiger partial charge in [-0.15, -0.1) is 0 Å². The summed E-state index contributed by atoms with van der Waals surface area (Å²) in [5, 5.41) is 3.73. The SMILES string of the molecule is CN1CCCC(N2CC(C)(C)NCC2c2ccccc2)C1. The van der Waals surface area contributed by atoms with Crippen LogP contribution in [0.5, 0.6) is 0 Å². The van der Waals surface area contributed by atoms with Gasteiger partial charge < -0.3 is 10.2 Å². The molecule has 2 atom stereocenters. The first kappa shape index (κ1) is 15.0. The number of hydrogen-bond donors (Lipinski definition) is 1. The highest BCUT2D eigenvalue weighted by Crippen LogP contribution is 2.31. The zero-order valence-electron chi connectivity index (χ0n) is 13.7. The Morgan fingerprint density at radius 3 is 2.67 bits per heavy atom. The molecular formula is C18H29N3. The molecule has 1 aromatic rings. The molecule has 1 aromatic carbocycles. The lowest BCUT2D eigenvalue weighted by Crippen LogP contribution is -2.62. The normalized spacial score (nSPS) is 31.2. The maximum Gasteiger partial charge on any atom is 0.0477 e. The van der Waals surface area contributed by atoms with E-state index in [4.69, 9.17) is 0 Å². The number of rotatable bonds is 2. The molecule has 2 saturated heterocycles. The Balaban J connectivity index is 1.83.